The van der Waals surface area contributed by atoms with Gasteiger partial charge in [0.15, 0.2) is 0 Å². The number of rotatable bonds is 3. The first-order chi connectivity index (χ1) is 8.16. The van der Waals surface area contributed by atoms with E-state index < -0.39 is 0 Å². The maximum atomic E-state index is 12.0. The predicted octanol–water partition coefficient (Wildman–Crippen LogP) is 3.12. The highest BCUT2D eigenvalue weighted by Crippen LogP contribution is 2.21. The molecule has 0 bridgehead atoms. The molecule has 1 heterocycles. The van der Waals surface area contributed by atoms with E-state index in [4.69, 9.17) is 4.74 Å². The minimum atomic E-state index is -0.0753. The summed E-state index contributed by atoms with van der Waals surface area (Å²) in [6.07, 6.45) is 2.28. The molecule has 0 aliphatic carbocycles. The first-order valence-corrected chi connectivity index (χ1v) is 7.10. The number of hydrogen-bond acceptors (Lipinski definition) is 2. The van der Waals surface area contributed by atoms with Crippen LogP contribution in [0.25, 0.3) is 0 Å². The summed E-state index contributed by atoms with van der Waals surface area (Å²) in [5, 5.41) is 2.89. The molecule has 0 unspecified atom stereocenters. The van der Waals surface area contributed by atoms with Crippen LogP contribution in [-0.2, 0) is 4.74 Å². The van der Waals surface area contributed by atoms with Gasteiger partial charge in [0.25, 0.3) is 5.91 Å². The van der Waals surface area contributed by atoms with Crippen LogP contribution in [0.15, 0.2) is 27.1 Å². The molecule has 0 spiro atoms. The fourth-order valence-corrected chi connectivity index (χ4v) is 2.57. The molecule has 17 heavy (non-hydrogen) atoms. The van der Waals surface area contributed by atoms with Crippen LogP contribution in [-0.4, -0.2) is 25.2 Å². The van der Waals surface area contributed by atoms with Gasteiger partial charge in [-0.3, -0.25) is 4.79 Å². The van der Waals surface area contributed by atoms with Gasteiger partial charge in [-0.2, -0.15) is 0 Å². The summed E-state index contributed by atoms with van der Waals surface area (Å²) >= 11 is 6.73. The quantitative estimate of drug-likeness (QED) is 0.897. The second-order valence-electron chi connectivity index (χ2n) is 3.97. The van der Waals surface area contributed by atoms with Gasteiger partial charge < -0.3 is 10.1 Å². The second-order valence-corrected chi connectivity index (χ2v) is 5.74. The van der Waals surface area contributed by atoms with Crippen LogP contribution in [0.1, 0.15) is 23.2 Å². The van der Waals surface area contributed by atoms with Gasteiger partial charge >= 0.3 is 0 Å². The molecule has 1 fully saturated rings. The normalized spacial score (nSPS) is 19.3. The Labute approximate surface area is 117 Å². The lowest BCUT2D eigenvalue weighted by Crippen LogP contribution is -2.31. The second kappa shape index (κ2) is 5.98. The third-order valence-corrected chi connectivity index (χ3v) is 3.87. The van der Waals surface area contributed by atoms with Gasteiger partial charge in [-0.25, -0.2) is 0 Å². The third kappa shape index (κ3) is 3.53. The van der Waals surface area contributed by atoms with Crippen molar-refractivity contribution in [2.45, 2.75) is 18.9 Å². The summed E-state index contributed by atoms with van der Waals surface area (Å²) in [5.74, 6) is -0.0753. The van der Waals surface area contributed by atoms with E-state index in [1.165, 1.54) is 0 Å². The Bertz CT molecular complexity index is 417. The van der Waals surface area contributed by atoms with Crippen LogP contribution in [0, 0.1) is 0 Å². The molecule has 1 aromatic carbocycles. The van der Waals surface area contributed by atoms with Gasteiger partial charge in [0.1, 0.15) is 0 Å². The third-order valence-electron chi connectivity index (χ3n) is 2.69. The van der Waals surface area contributed by atoms with Crippen molar-refractivity contribution in [1.29, 1.82) is 0 Å². The topological polar surface area (TPSA) is 38.3 Å². The van der Waals surface area contributed by atoms with E-state index in [0.717, 1.165) is 28.4 Å². The van der Waals surface area contributed by atoms with E-state index in [1.54, 1.807) is 6.07 Å². The summed E-state index contributed by atoms with van der Waals surface area (Å²) in [5.41, 5.74) is 0.636. The molecule has 1 atom stereocenters. The fourth-order valence-electron chi connectivity index (χ4n) is 1.78. The van der Waals surface area contributed by atoms with Crippen molar-refractivity contribution < 1.29 is 9.53 Å². The van der Waals surface area contributed by atoms with Gasteiger partial charge in [0, 0.05) is 22.1 Å². The molecule has 1 aliphatic rings. The molecule has 5 heteroatoms. The maximum absolute atomic E-state index is 12.0. The first-order valence-electron chi connectivity index (χ1n) is 5.51. The zero-order chi connectivity index (χ0) is 12.3. The van der Waals surface area contributed by atoms with Crippen LogP contribution >= 0.6 is 31.9 Å². The standard InChI is InChI=1S/C12H13Br2NO2/c13-8-3-4-11(14)10(6-8)12(16)15-7-9-2-1-5-17-9/h3-4,6,9H,1-2,5,7H2,(H,15,16)/t9-/m1/s1. The molecular formula is C12H13Br2NO2. The molecule has 0 aromatic heterocycles. The highest BCUT2D eigenvalue weighted by atomic mass is 79.9. The Morgan fingerprint density at radius 1 is 1.47 bits per heavy atom. The monoisotopic (exact) mass is 361 g/mol. The molecule has 1 N–H and O–H groups in total. The number of halogens is 2. The number of carbonyl (C=O) groups is 1. The molecule has 1 aromatic rings. The van der Waals surface area contributed by atoms with Crippen LogP contribution < -0.4 is 5.32 Å². The van der Waals surface area contributed by atoms with Crippen molar-refractivity contribution in [2.24, 2.45) is 0 Å². The number of ether oxygens (including phenoxy) is 1. The summed E-state index contributed by atoms with van der Waals surface area (Å²) in [7, 11) is 0. The van der Waals surface area contributed by atoms with Crippen molar-refractivity contribution in [3.63, 3.8) is 0 Å². The largest absolute Gasteiger partial charge is 0.376 e. The number of amides is 1. The molecule has 0 saturated carbocycles. The summed E-state index contributed by atoms with van der Waals surface area (Å²) in [4.78, 5) is 12.0. The average Bonchev–Trinajstić information content (AvgIpc) is 2.82. The molecule has 3 nitrogen and oxygen atoms in total. The minimum Gasteiger partial charge on any atom is -0.376 e. The van der Waals surface area contributed by atoms with E-state index in [0.29, 0.717) is 12.1 Å². The fraction of sp³-hybridized carbons (Fsp3) is 0.417. The Kier molecular flexibility index (Phi) is 4.59. The van der Waals surface area contributed by atoms with Crippen LogP contribution in [0.4, 0.5) is 0 Å². The van der Waals surface area contributed by atoms with Gasteiger partial charge in [-0.1, -0.05) is 15.9 Å². The summed E-state index contributed by atoms with van der Waals surface area (Å²) < 4.78 is 7.15. The number of carbonyl (C=O) groups excluding carboxylic acids is 1. The molecule has 0 radical (unpaired) electrons. The summed E-state index contributed by atoms with van der Waals surface area (Å²) in [6.45, 7) is 1.39. The highest BCUT2D eigenvalue weighted by molar-refractivity contribution is 9.11. The lowest BCUT2D eigenvalue weighted by atomic mass is 10.2. The average molecular weight is 363 g/mol. The van der Waals surface area contributed by atoms with Crippen LogP contribution in [0.3, 0.4) is 0 Å². The first kappa shape index (κ1) is 13.1. The smallest absolute Gasteiger partial charge is 0.252 e. The lowest BCUT2D eigenvalue weighted by molar-refractivity contribution is 0.0857. The SMILES string of the molecule is O=C(NC[C@H]1CCCO1)c1cc(Br)ccc1Br. The van der Waals surface area contributed by atoms with Crippen LogP contribution in [0.5, 0.6) is 0 Å². The maximum Gasteiger partial charge on any atom is 0.252 e. The van der Waals surface area contributed by atoms with Crippen LogP contribution in [0.2, 0.25) is 0 Å². The Morgan fingerprint density at radius 3 is 3.00 bits per heavy atom. The lowest BCUT2D eigenvalue weighted by Gasteiger charge is -2.11. The van der Waals surface area contributed by atoms with Crippen molar-refractivity contribution in [3.05, 3.63) is 32.7 Å². The van der Waals surface area contributed by atoms with Gasteiger partial charge in [0.05, 0.1) is 11.7 Å². The van der Waals surface area contributed by atoms with E-state index in [-0.39, 0.29) is 12.0 Å². The van der Waals surface area contributed by atoms with Crippen molar-refractivity contribution in [3.8, 4) is 0 Å². The van der Waals surface area contributed by atoms with E-state index >= 15 is 0 Å². The Morgan fingerprint density at radius 2 is 2.29 bits per heavy atom. The molecular weight excluding hydrogens is 350 g/mol. The van der Waals surface area contributed by atoms with Gasteiger partial charge in [-0.15, -0.1) is 0 Å². The van der Waals surface area contributed by atoms with Crippen molar-refractivity contribution >= 4 is 37.8 Å². The highest BCUT2D eigenvalue weighted by Gasteiger charge is 2.17. The minimum absolute atomic E-state index is 0.0753. The van der Waals surface area contributed by atoms with Crippen molar-refractivity contribution in [2.75, 3.05) is 13.2 Å². The molecule has 1 saturated heterocycles. The molecule has 92 valence electrons. The van der Waals surface area contributed by atoms with E-state index in [2.05, 4.69) is 37.2 Å². The summed E-state index contributed by atoms with van der Waals surface area (Å²) in [6, 6.07) is 5.54. The van der Waals surface area contributed by atoms with Gasteiger partial charge in [0.2, 0.25) is 0 Å². The zero-order valence-corrected chi connectivity index (χ0v) is 12.4. The molecule has 1 amide bonds. The van der Waals surface area contributed by atoms with E-state index in [1.807, 2.05) is 12.1 Å². The van der Waals surface area contributed by atoms with Gasteiger partial charge in [-0.05, 0) is 47.0 Å². The number of benzene rings is 1. The molecule has 1 aliphatic heterocycles. The van der Waals surface area contributed by atoms with E-state index in [9.17, 15) is 4.79 Å². The predicted molar refractivity (Wildman–Crippen MR) is 73.1 cm³/mol. The Hall–Kier alpha value is -0.390. The zero-order valence-electron chi connectivity index (χ0n) is 9.21. The Balaban J connectivity index is 1.96. The molecule has 2 rings (SSSR count). The van der Waals surface area contributed by atoms with Crippen molar-refractivity contribution in [1.82, 2.24) is 5.32 Å². The number of hydrogen-bond donors (Lipinski definition) is 1. The number of nitrogens with one attached hydrogen (secondary N) is 1.